The maximum absolute atomic E-state index is 14.6. The minimum atomic E-state index is -4.35. The highest BCUT2D eigenvalue weighted by molar-refractivity contribution is 7.80. The molecule has 164 valence electrons. The zero-order valence-electron chi connectivity index (χ0n) is 16.4. The lowest BCUT2D eigenvalue weighted by Gasteiger charge is -2.38. The molecule has 2 rings (SSSR count). The van der Waals surface area contributed by atoms with Crippen molar-refractivity contribution in [3.05, 3.63) is 60.7 Å². The average Bonchev–Trinajstić information content (AvgIpc) is 2.73. The van der Waals surface area contributed by atoms with Gasteiger partial charge in [-0.05, 0) is 13.8 Å². The number of carbonyl (C=O) groups is 1. The topological polar surface area (TPSA) is 105 Å². The zero-order chi connectivity index (χ0) is 22.4. The molecule has 0 saturated carbocycles. The molecule has 1 amide bonds. The van der Waals surface area contributed by atoms with E-state index in [-0.39, 0.29) is 23.8 Å². The van der Waals surface area contributed by atoms with E-state index < -0.39 is 30.8 Å². The average molecular weight is 494 g/mol. The first-order valence-electron chi connectivity index (χ1n) is 9.07. The second-order valence-corrected chi connectivity index (χ2v) is 13.0. The van der Waals surface area contributed by atoms with Crippen molar-refractivity contribution in [1.29, 1.82) is 0 Å². The van der Waals surface area contributed by atoms with Crippen LogP contribution in [0.5, 0.6) is 0 Å². The molecule has 11 heteroatoms. The van der Waals surface area contributed by atoms with Crippen LogP contribution in [0.15, 0.2) is 60.7 Å². The summed E-state index contributed by atoms with van der Waals surface area (Å²) >= 11 is 13.1. The van der Waals surface area contributed by atoms with Crippen molar-refractivity contribution in [2.24, 2.45) is 5.73 Å². The molecule has 2 aromatic rings. The largest absolute Gasteiger partial charge is 0.434 e. The number of primary amides is 1. The van der Waals surface area contributed by atoms with Gasteiger partial charge in [-0.2, -0.15) is 0 Å². The molecular formula is C19H23Cl2NO6P2. The first kappa shape index (κ1) is 24.9. The van der Waals surface area contributed by atoms with E-state index in [1.54, 1.807) is 74.5 Å². The van der Waals surface area contributed by atoms with Gasteiger partial charge in [0.1, 0.15) is 0 Å². The number of hydrogen-bond acceptors (Lipinski definition) is 6. The quantitative estimate of drug-likeness (QED) is 0.375. The van der Waals surface area contributed by atoms with Gasteiger partial charge in [-0.3, -0.25) is 4.57 Å². The van der Waals surface area contributed by atoms with Crippen molar-refractivity contribution in [2.45, 2.75) is 23.8 Å². The highest BCUT2D eigenvalue weighted by atomic mass is 35.5. The summed E-state index contributed by atoms with van der Waals surface area (Å²) in [5.74, 6) is -1.86. The summed E-state index contributed by atoms with van der Waals surface area (Å²) in [4.78, 5) is 11.8. The van der Waals surface area contributed by atoms with Gasteiger partial charge in [-0.15, -0.1) is 0 Å². The van der Waals surface area contributed by atoms with Crippen molar-refractivity contribution in [2.75, 3.05) is 13.2 Å². The van der Waals surface area contributed by atoms with Gasteiger partial charge in [-0.25, -0.2) is 4.79 Å². The smallest absolute Gasteiger partial charge is 0.405 e. The van der Waals surface area contributed by atoms with Crippen LogP contribution in [0, 0.1) is 0 Å². The Labute approximate surface area is 185 Å². The molecule has 0 heterocycles. The standard InChI is InChI=1S/C19H23Cl2NO6P2/c1-3-26-30(25,27-4-2)19(20,21)17(28-18(22)23)29(24,15-11-7-5-8-12-15)16-13-9-6-10-14-16/h5-14,17H,3-4H2,1-2H3,(H2,22,23)/t17-/m1/s1. The van der Waals surface area contributed by atoms with Gasteiger partial charge >= 0.3 is 13.7 Å². The van der Waals surface area contributed by atoms with Gasteiger partial charge < -0.3 is 24.1 Å². The summed E-state index contributed by atoms with van der Waals surface area (Å²) < 4.78 is 41.4. The van der Waals surface area contributed by atoms with Crippen molar-refractivity contribution in [1.82, 2.24) is 0 Å². The van der Waals surface area contributed by atoms with E-state index in [2.05, 4.69) is 0 Å². The molecule has 0 fully saturated rings. The van der Waals surface area contributed by atoms with Crippen LogP contribution in [0.2, 0.25) is 0 Å². The number of amides is 1. The van der Waals surface area contributed by atoms with Crippen LogP contribution in [0.3, 0.4) is 0 Å². The second kappa shape index (κ2) is 10.3. The fraction of sp³-hybridized carbons (Fsp3) is 0.316. The number of rotatable bonds is 10. The van der Waals surface area contributed by atoms with Gasteiger partial charge in [0, 0.05) is 10.6 Å². The number of alkyl halides is 2. The molecule has 7 nitrogen and oxygen atoms in total. The van der Waals surface area contributed by atoms with E-state index in [0.717, 1.165) is 0 Å². The number of ether oxygens (including phenoxy) is 1. The number of carbonyl (C=O) groups excluding carboxylic acids is 1. The summed E-state index contributed by atoms with van der Waals surface area (Å²) in [7, 11) is -8.32. The molecule has 0 aliphatic carbocycles. The van der Waals surface area contributed by atoms with Crippen LogP contribution < -0.4 is 16.3 Å². The second-order valence-electron chi connectivity index (χ2n) is 6.04. The molecule has 0 aromatic heterocycles. The molecule has 0 radical (unpaired) electrons. The van der Waals surface area contributed by atoms with E-state index in [0.29, 0.717) is 0 Å². The predicted octanol–water partition coefficient (Wildman–Crippen LogP) is 4.82. The monoisotopic (exact) mass is 493 g/mol. The fourth-order valence-electron chi connectivity index (χ4n) is 2.88. The molecule has 0 unspecified atom stereocenters. The third-order valence-electron chi connectivity index (χ3n) is 4.10. The fourth-order valence-corrected chi connectivity index (χ4v) is 9.47. The maximum Gasteiger partial charge on any atom is 0.405 e. The van der Waals surface area contributed by atoms with E-state index in [1.165, 1.54) is 0 Å². The number of benzene rings is 2. The zero-order valence-corrected chi connectivity index (χ0v) is 19.7. The van der Waals surface area contributed by atoms with E-state index in [4.69, 9.17) is 42.7 Å². The lowest BCUT2D eigenvalue weighted by molar-refractivity contribution is 0.133. The van der Waals surface area contributed by atoms with Crippen molar-refractivity contribution >= 4 is 54.6 Å². The minimum absolute atomic E-state index is 0.0667. The SMILES string of the molecule is CCOP(=O)(OCC)C(Cl)(Cl)[C@H](OC(N)=O)P(=O)(c1ccccc1)c1ccccc1. The van der Waals surface area contributed by atoms with E-state index >= 15 is 0 Å². The van der Waals surface area contributed by atoms with Crippen molar-refractivity contribution in [3.63, 3.8) is 0 Å². The van der Waals surface area contributed by atoms with E-state index in [9.17, 15) is 13.9 Å². The molecule has 0 spiro atoms. The van der Waals surface area contributed by atoms with Gasteiger partial charge in [0.2, 0.25) is 5.85 Å². The highest BCUT2D eigenvalue weighted by Crippen LogP contribution is 2.72. The van der Waals surface area contributed by atoms with Crippen LogP contribution >= 0.6 is 37.9 Å². The molecule has 0 bridgehead atoms. The first-order chi connectivity index (χ1) is 14.1. The van der Waals surface area contributed by atoms with Crippen LogP contribution in [-0.2, 0) is 22.9 Å². The number of halogens is 2. The van der Waals surface area contributed by atoms with Crippen LogP contribution in [0.4, 0.5) is 4.79 Å². The summed E-state index contributed by atoms with van der Waals surface area (Å²) in [5.41, 5.74) is 5.26. The Hall–Kier alpha value is -1.33. The normalized spacial score (nSPS) is 13.6. The molecule has 1 atom stereocenters. The summed E-state index contributed by atoms with van der Waals surface area (Å²) in [5, 5.41) is 0.542. The molecule has 2 aromatic carbocycles. The molecule has 0 aliphatic rings. The lowest BCUT2D eigenvalue weighted by atomic mass is 10.4. The third kappa shape index (κ3) is 4.94. The summed E-state index contributed by atoms with van der Waals surface area (Å²) in [6.07, 6.45) is -1.29. The maximum atomic E-state index is 14.6. The Bertz CT molecular complexity index is 889. The van der Waals surface area contributed by atoms with Gasteiger partial charge in [0.15, 0.2) is 7.14 Å². The third-order valence-corrected chi connectivity index (χ3v) is 11.7. The first-order valence-corrected chi connectivity index (χ1v) is 13.1. The lowest BCUT2D eigenvalue weighted by Crippen LogP contribution is -2.43. The molecular weight excluding hydrogens is 471 g/mol. The van der Waals surface area contributed by atoms with Crippen molar-refractivity contribution in [3.8, 4) is 0 Å². The van der Waals surface area contributed by atoms with Gasteiger partial charge in [0.05, 0.1) is 13.2 Å². The Morgan fingerprint density at radius 3 is 1.67 bits per heavy atom. The number of hydrogen-bond donors (Lipinski definition) is 1. The summed E-state index contributed by atoms with van der Waals surface area (Å²) in [6.45, 7) is 2.99. The van der Waals surface area contributed by atoms with Crippen LogP contribution in [0.1, 0.15) is 13.8 Å². The Balaban J connectivity index is 2.82. The molecule has 30 heavy (non-hydrogen) atoms. The van der Waals surface area contributed by atoms with E-state index in [1.807, 2.05) is 0 Å². The Morgan fingerprint density at radius 2 is 1.33 bits per heavy atom. The Kier molecular flexibility index (Phi) is 8.58. The van der Waals surface area contributed by atoms with Gasteiger partial charge in [0.25, 0.3) is 4.07 Å². The molecule has 0 aliphatic heterocycles. The minimum Gasteiger partial charge on any atom is -0.434 e. The van der Waals surface area contributed by atoms with Gasteiger partial charge in [-0.1, -0.05) is 83.9 Å². The Morgan fingerprint density at radius 1 is 0.933 bits per heavy atom. The summed E-state index contributed by atoms with van der Waals surface area (Å²) in [6, 6.07) is 16.3. The van der Waals surface area contributed by atoms with Crippen LogP contribution in [-0.4, -0.2) is 29.2 Å². The molecule has 0 saturated heterocycles. The molecule has 2 N–H and O–H groups in total. The number of nitrogens with two attached hydrogens (primary N) is 1. The predicted molar refractivity (Wildman–Crippen MR) is 120 cm³/mol. The van der Waals surface area contributed by atoms with Crippen molar-refractivity contribution < 1.29 is 27.7 Å². The van der Waals surface area contributed by atoms with Crippen LogP contribution in [0.25, 0.3) is 0 Å². The highest BCUT2D eigenvalue weighted by Gasteiger charge is 2.63.